The number of carbonyl (C=O) groups is 2. The maximum Gasteiger partial charge on any atom is 0.411 e. The smallest absolute Gasteiger partial charge is 0.411 e. The van der Waals surface area contributed by atoms with Crippen LogP contribution in [-0.4, -0.2) is 43.5 Å². The van der Waals surface area contributed by atoms with Gasteiger partial charge >= 0.3 is 12.1 Å². The van der Waals surface area contributed by atoms with Crippen LogP contribution < -0.4 is 0 Å². The summed E-state index contributed by atoms with van der Waals surface area (Å²) in [5, 5.41) is 13.7. The van der Waals surface area contributed by atoms with Crippen molar-refractivity contribution in [3.8, 4) is 0 Å². The third kappa shape index (κ3) is 1.99. The molecular weight excluding hydrogens is 274 g/mol. The van der Waals surface area contributed by atoms with Crippen molar-refractivity contribution in [2.24, 2.45) is 7.05 Å². The normalized spacial score (nSPS) is 26.9. The number of aliphatic carboxylic acids is 1. The topological polar surface area (TPSA) is 84.7 Å². The molecule has 0 unspecified atom stereocenters. The Kier molecular flexibility index (Phi) is 2.80. The largest absolute Gasteiger partial charge is 0.480 e. The number of ether oxygens (including phenoxy) is 1. The Morgan fingerprint density at radius 3 is 2.67 bits per heavy atom. The number of rotatable bonds is 1. The Balaban J connectivity index is 1.99. The van der Waals surface area contributed by atoms with E-state index in [1.54, 1.807) is 31.6 Å². The van der Waals surface area contributed by atoms with E-state index < -0.39 is 23.7 Å². The number of carboxylic acid groups (broad SMARTS) is 1. The zero-order chi connectivity index (χ0) is 15.5. The van der Waals surface area contributed by atoms with Gasteiger partial charge in [0.15, 0.2) is 0 Å². The lowest BCUT2D eigenvalue weighted by atomic mass is 9.96. The summed E-state index contributed by atoms with van der Waals surface area (Å²) in [5.41, 5.74) is 1.20. The Bertz CT molecular complexity index is 616. The minimum Gasteiger partial charge on any atom is -0.480 e. The van der Waals surface area contributed by atoms with E-state index in [1.807, 2.05) is 7.05 Å². The summed E-state index contributed by atoms with van der Waals surface area (Å²) < 4.78 is 7.10. The van der Waals surface area contributed by atoms with Crippen molar-refractivity contribution >= 4 is 12.1 Å². The third-order valence-corrected chi connectivity index (χ3v) is 4.08. The van der Waals surface area contributed by atoms with Crippen LogP contribution in [0.25, 0.3) is 0 Å². The molecule has 0 saturated carbocycles. The molecule has 3 rings (SSSR count). The molecule has 0 aromatic carbocycles. The van der Waals surface area contributed by atoms with Crippen molar-refractivity contribution in [1.82, 2.24) is 14.7 Å². The first kappa shape index (κ1) is 13.9. The van der Waals surface area contributed by atoms with E-state index in [9.17, 15) is 14.7 Å². The van der Waals surface area contributed by atoms with Gasteiger partial charge in [-0.3, -0.25) is 9.58 Å². The number of aromatic nitrogens is 2. The number of hydrogen-bond donors (Lipinski definition) is 1. The molecule has 1 amide bonds. The monoisotopic (exact) mass is 293 g/mol. The van der Waals surface area contributed by atoms with Gasteiger partial charge in [-0.25, -0.2) is 9.59 Å². The molecule has 7 heteroatoms. The van der Waals surface area contributed by atoms with Gasteiger partial charge in [-0.15, -0.1) is 0 Å². The second-order valence-electron chi connectivity index (χ2n) is 6.64. The van der Waals surface area contributed by atoms with Crippen molar-refractivity contribution in [3.63, 3.8) is 0 Å². The van der Waals surface area contributed by atoms with Crippen LogP contribution in [0, 0.1) is 0 Å². The number of fused-ring (bicyclic) bond motifs is 5. The van der Waals surface area contributed by atoms with E-state index in [-0.39, 0.29) is 12.0 Å². The molecule has 0 spiro atoms. The molecule has 1 aliphatic heterocycles. The number of carboxylic acids is 1. The molecule has 1 aliphatic carbocycles. The summed E-state index contributed by atoms with van der Waals surface area (Å²) in [4.78, 5) is 25.4. The molecule has 7 nitrogen and oxygen atoms in total. The number of amides is 1. The summed E-state index contributed by atoms with van der Waals surface area (Å²) in [6.45, 7) is 5.31. The highest BCUT2D eigenvalue weighted by Crippen LogP contribution is 2.54. The number of aryl methyl sites for hydroxylation is 1. The lowest BCUT2D eigenvalue weighted by Gasteiger charge is -2.34. The molecule has 2 heterocycles. The van der Waals surface area contributed by atoms with Gasteiger partial charge in [-0.1, -0.05) is 0 Å². The van der Waals surface area contributed by atoms with Crippen molar-refractivity contribution in [2.45, 2.75) is 50.8 Å². The van der Waals surface area contributed by atoms with Crippen LogP contribution in [-0.2, 0) is 16.6 Å². The first-order valence-electron chi connectivity index (χ1n) is 6.96. The Labute approximate surface area is 122 Å². The van der Waals surface area contributed by atoms with Crippen LogP contribution in [0.4, 0.5) is 4.79 Å². The molecule has 1 saturated heterocycles. The summed E-state index contributed by atoms with van der Waals surface area (Å²) in [6, 6.07) is -1.14. The Hall–Kier alpha value is -2.05. The quantitative estimate of drug-likeness (QED) is 0.851. The molecule has 3 atom stereocenters. The predicted molar refractivity (Wildman–Crippen MR) is 72.8 cm³/mol. The molecule has 2 bridgehead atoms. The van der Waals surface area contributed by atoms with E-state index in [4.69, 9.17) is 4.74 Å². The first-order valence-corrected chi connectivity index (χ1v) is 6.96. The van der Waals surface area contributed by atoms with Crippen LogP contribution in [0.5, 0.6) is 0 Å². The lowest BCUT2D eigenvalue weighted by molar-refractivity contribution is -0.143. The fourth-order valence-corrected chi connectivity index (χ4v) is 3.42. The molecule has 21 heavy (non-hydrogen) atoms. The molecule has 1 aromatic heterocycles. The van der Waals surface area contributed by atoms with Gasteiger partial charge in [-0.2, -0.15) is 5.10 Å². The second-order valence-corrected chi connectivity index (χ2v) is 6.64. The highest BCUT2D eigenvalue weighted by atomic mass is 16.6. The highest BCUT2D eigenvalue weighted by molar-refractivity contribution is 5.84. The van der Waals surface area contributed by atoms with Crippen LogP contribution in [0.15, 0.2) is 6.20 Å². The van der Waals surface area contributed by atoms with Gasteiger partial charge in [0.1, 0.15) is 11.6 Å². The zero-order valence-electron chi connectivity index (χ0n) is 12.5. The fourth-order valence-electron chi connectivity index (χ4n) is 3.42. The number of hydrogen-bond acceptors (Lipinski definition) is 4. The van der Waals surface area contributed by atoms with E-state index in [0.29, 0.717) is 6.42 Å². The summed E-state index contributed by atoms with van der Waals surface area (Å²) >= 11 is 0. The van der Waals surface area contributed by atoms with Gasteiger partial charge < -0.3 is 9.84 Å². The van der Waals surface area contributed by atoms with Crippen LogP contribution in [0.3, 0.4) is 0 Å². The summed E-state index contributed by atoms with van der Waals surface area (Å²) in [7, 11) is 1.81. The molecule has 114 valence electrons. The Morgan fingerprint density at radius 2 is 2.10 bits per heavy atom. The number of carbonyl (C=O) groups excluding carboxylic acids is 1. The van der Waals surface area contributed by atoms with Crippen molar-refractivity contribution in [2.75, 3.05) is 0 Å². The van der Waals surface area contributed by atoms with Crippen molar-refractivity contribution in [1.29, 1.82) is 0 Å². The average molecular weight is 293 g/mol. The summed E-state index contributed by atoms with van der Waals surface area (Å²) in [5.74, 6) is -1.20. The molecule has 2 aliphatic rings. The van der Waals surface area contributed by atoms with Gasteiger partial charge in [0.25, 0.3) is 0 Å². The second kappa shape index (κ2) is 4.22. The molecule has 1 aromatic rings. The van der Waals surface area contributed by atoms with Crippen LogP contribution in [0.1, 0.15) is 50.4 Å². The molecule has 1 fully saturated rings. The molecule has 1 N–H and O–H groups in total. The maximum atomic E-state index is 12.4. The van der Waals surface area contributed by atoms with Gasteiger partial charge in [-0.05, 0) is 27.2 Å². The van der Waals surface area contributed by atoms with Gasteiger partial charge in [0.05, 0.1) is 17.9 Å². The van der Waals surface area contributed by atoms with Crippen LogP contribution >= 0.6 is 0 Å². The van der Waals surface area contributed by atoms with E-state index in [2.05, 4.69) is 5.10 Å². The van der Waals surface area contributed by atoms with Gasteiger partial charge in [0.2, 0.25) is 0 Å². The average Bonchev–Trinajstić information content (AvgIpc) is 2.96. The number of nitrogens with zero attached hydrogens (tertiary/aromatic N) is 3. The van der Waals surface area contributed by atoms with Crippen LogP contribution in [0.2, 0.25) is 0 Å². The van der Waals surface area contributed by atoms with Gasteiger partial charge in [0, 0.05) is 18.5 Å². The van der Waals surface area contributed by atoms with Crippen molar-refractivity contribution < 1.29 is 19.4 Å². The lowest BCUT2D eigenvalue weighted by Crippen LogP contribution is -2.48. The first-order chi connectivity index (χ1) is 9.70. The molecule has 0 radical (unpaired) electrons. The summed E-state index contributed by atoms with van der Waals surface area (Å²) in [6.07, 6.45) is 1.76. The standard InChI is InChI=1S/C14H19N3O4/c1-14(2,3)21-13(20)17-9-5-7(11(17)12(18)19)8-6-15-16(4)10(8)9/h6-7,9,11H,5H2,1-4H3,(H,18,19)/t7-,9+,11-/m0/s1. The zero-order valence-corrected chi connectivity index (χ0v) is 12.5. The minimum absolute atomic E-state index is 0.205. The molecular formula is C14H19N3O4. The Morgan fingerprint density at radius 1 is 1.43 bits per heavy atom. The number of likely N-dealkylation sites (tertiary alicyclic amines) is 1. The SMILES string of the molecule is Cn1ncc2c1[C@H]1C[C@@H]2[C@@H](C(=O)O)N1C(=O)OC(C)(C)C. The van der Waals surface area contributed by atoms with Crippen molar-refractivity contribution in [3.05, 3.63) is 17.5 Å². The van der Waals surface area contributed by atoms with E-state index in [0.717, 1.165) is 11.3 Å². The predicted octanol–water partition coefficient (Wildman–Crippen LogP) is 1.65. The maximum absolute atomic E-state index is 12.4. The highest BCUT2D eigenvalue weighted by Gasteiger charge is 2.57. The van der Waals surface area contributed by atoms with E-state index >= 15 is 0 Å². The third-order valence-electron chi connectivity index (χ3n) is 4.08. The minimum atomic E-state index is -0.997. The fraction of sp³-hybridized carbons (Fsp3) is 0.643. The van der Waals surface area contributed by atoms with E-state index in [1.165, 1.54) is 4.90 Å².